The molecule has 1 N–H and O–H groups in total. The predicted molar refractivity (Wildman–Crippen MR) is 127 cm³/mol. The summed E-state index contributed by atoms with van der Waals surface area (Å²) in [6.45, 7) is 0. The van der Waals surface area contributed by atoms with E-state index in [4.69, 9.17) is 28.4 Å². The number of esters is 4. The van der Waals surface area contributed by atoms with Crippen LogP contribution in [0.5, 0.6) is 0 Å². The van der Waals surface area contributed by atoms with Gasteiger partial charge < -0.3 is 29.0 Å². The Morgan fingerprint density at radius 2 is 1.30 bits per heavy atom. The number of carbonyl (C=O) groups is 6. The molecule has 0 saturated carbocycles. The summed E-state index contributed by atoms with van der Waals surface area (Å²) in [6, 6.07) is 11.6. The van der Waals surface area contributed by atoms with Crippen molar-refractivity contribution in [3.8, 4) is 0 Å². The van der Waals surface area contributed by atoms with Crippen LogP contribution < -0.4 is 5.32 Å². The molecule has 0 aliphatic carbocycles. The highest BCUT2D eigenvalue weighted by atomic mass is 16.7. The molecule has 0 radical (unpaired) electrons. The third-order valence-corrected chi connectivity index (χ3v) is 7.02. The van der Waals surface area contributed by atoms with Gasteiger partial charge in [-0.05, 0) is 12.1 Å². The quantitative estimate of drug-likeness (QED) is 0.281. The third kappa shape index (κ3) is 3.05. The molecule has 0 bridgehead atoms. The number of amides is 2. The van der Waals surface area contributed by atoms with Crippen LogP contribution in [0, 0.1) is 0 Å². The largest absolute Gasteiger partial charge is 0.467 e. The monoisotopic (exact) mass is 554 g/mol. The molecule has 1 fully saturated rings. The van der Waals surface area contributed by atoms with Crippen molar-refractivity contribution < 1.29 is 57.2 Å². The Labute approximate surface area is 226 Å². The maximum atomic E-state index is 14.2. The molecule has 3 aliphatic rings. The van der Waals surface area contributed by atoms with Gasteiger partial charge in [-0.25, -0.2) is 19.2 Å². The molecule has 1 saturated heterocycles. The van der Waals surface area contributed by atoms with Crippen molar-refractivity contribution in [3.63, 3.8) is 0 Å². The summed E-state index contributed by atoms with van der Waals surface area (Å²) in [4.78, 5) is 81.4. The van der Waals surface area contributed by atoms with Crippen molar-refractivity contribution >= 4 is 35.7 Å². The summed E-state index contributed by atoms with van der Waals surface area (Å²) < 4.78 is 31.8. The van der Waals surface area contributed by atoms with E-state index in [1.54, 1.807) is 6.07 Å². The highest BCUT2D eigenvalue weighted by molar-refractivity contribution is 6.12. The normalized spacial score (nSPS) is 23.3. The molecule has 1 spiro atoms. The number of rotatable bonds is 6. The van der Waals surface area contributed by atoms with Crippen LogP contribution in [-0.4, -0.2) is 80.7 Å². The lowest BCUT2D eigenvalue weighted by molar-refractivity contribution is -0.239. The second-order valence-electron chi connectivity index (χ2n) is 8.78. The Bertz CT molecular complexity index is 1460. The second-order valence-corrected chi connectivity index (χ2v) is 8.78. The van der Waals surface area contributed by atoms with Gasteiger partial charge in [0.05, 0.1) is 28.4 Å². The fourth-order valence-electron chi connectivity index (χ4n) is 5.43. The Hall–Kier alpha value is -4.82. The molecule has 2 atom stereocenters. The molecule has 3 aliphatic heterocycles. The molecule has 3 heterocycles. The number of carbonyl (C=O) groups excluding carboxylic acids is 6. The standard InChI is InChI=1S/C26H22N2O12/c1-35-20(31)17(21(32)36-2)39-25-15-11-7-6-10-14(15)19(30)28(25)26(16-12-8-5-9-13(16)18(29)27-26)40-24(25,22(33)37-3)23(34)38-4/h5-12,17H,1-4H3,(H,27,29)/t25-,26+/m1/s1. The first kappa shape index (κ1) is 26.8. The van der Waals surface area contributed by atoms with E-state index < -0.39 is 59.0 Å². The number of nitrogens with one attached hydrogen (secondary N) is 1. The number of hydrogen-bond donors (Lipinski definition) is 1. The minimum atomic E-state index is -3.08. The second kappa shape index (κ2) is 9.14. The summed E-state index contributed by atoms with van der Waals surface area (Å²) in [5.74, 6) is -9.46. The Morgan fingerprint density at radius 1 is 0.775 bits per heavy atom. The summed E-state index contributed by atoms with van der Waals surface area (Å²) in [7, 11) is 3.78. The maximum Gasteiger partial charge on any atom is 0.355 e. The molecule has 0 aromatic heterocycles. The van der Waals surface area contributed by atoms with E-state index in [2.05, 4.69) is 5.32 Å². The maximum absolute atomic E-state index is 14.2. The Kier molecular flexibility index (Phi) is 6.11. The molecule has 2 amide bonds. The number of fused-ring (bicyclic) bond motifs is 6. The first-order valence-corrected chi connectivity index (χ1v) is 11.7. The van der Waals surface area contributed by atoms with Crippen LogP contribution in [0.25, 0.3) is 0 Å². The molecular weight excluding hydrogens is 532 g/mol. The van der Waals surface area contributed by atoms with E-state index in [0.29, 0.717) is 0 Å². The molecule has 5 rings (SSSR count). The van der Waals surface area contributed by atoms with Crippen molar-refractivity contribution in [2.24, 2.45) is 0 Å². The van der Waals surface area contributed by atoms with Crippen LogP contribution in [0.4, 0.5) is 0 Å². The minimum Gasteiger partial charge on any atom is -0.467 e. The Morgan fingerprint density at radius 3 is 1.85 bits per heavy atom. The van der Waals surface area contributed by atoms with Gasteiger partial charge in [0.25, 0.3) is 23.8 Å². The lowest BCUT2D eigenvalue weighted by Crippen LogP contribution is -2.67. The summed E-state index contributed by atoms with van der Waals surface area (Å²) in [5, 5.41) is 2.54. The van der Waals surface area contributed by atoms with Crippen LogP contribution >= 0.6 is 0 Å². The number of ether oxygens (including phenoxy) is 6. The van der Waals surface area contributed by atoms with Gasteiger partial charge in [-0.15, -0.1) is 0 Å². The molecule has 40 heavy (non-hydrogen) atoms. The van der Waals surface area contributed by atoms with Gasteiger partial charge in [-0.3, -0.25) is 19.2 Å². The third-order valence-electron chi connectivity index (χ3n) is 7.02. The van der Waals surface area contributed by atoms with Crippen LogP contribution in [0.2, 0.25) is 0 Å². The SMILES string of the molecule is COC(=O)C(O[C@@]12c3ccccc3C(=O)N1[C@]1(NC(=O)c3ccccc31)OC2(C(=O)OC)C(=O)OC)C(=O)OC. The van der Waals surface area contributed by atoms with Crippen molar-refractivity contribution in [3.05, 3.63) is 70.8 Å². The van der Waals surface area contributed by atoms with Crippen molar-refractivity contribution in [2.75, 3.05) is 28.4 Å². The highest BCUT2D eigenvalue weighted by Gasteiger charge is 2.86. The van der Waals surface area contributed by atoms with Crippen LogP contribution in [0.1, 0.15) is 31.8 Å². The summed E-state index contributed by atoms with van der Waals surface area (Å²) in [5.41, 5.74) is -6.08. The summed E-state index contributed by atoms with van der Waals surface area (Å²) >= 11 is 0. The van der Waals surface area contributed by atoms with Crippen LogP contribution in [-0.2, 0) is 59.2 Å². The lowest BCUT2D eigenvalue weighted by atomic mass is 9.84. The van der Waals surface area contributed by atoms with Gasteiger partial charge in [-0.1, -0.05) is 36.4 Å². The van der Waals surface area contributed by atoms with E-state index in [1.807, 2.05) is 0 Å². The molecule has 208 valence electrons. The zero-order chi connectivity index (χ0) is 29.0. The topological polar surface area (TPSA) is 173 Å². The van der Waals surface area contributed by atoms with Crippen LogP contribution in [0.15, 0.2) is 48.5 Å². The molecule has 14 nitrogen and oxygen atoms in total. The predicted octanol–water partition coefficient (Wildman–Crippen LogP) is -0.305. The van der Waals surface area contributed by atoms with E-state index >= 15 is 0 Å². The van der Waals surface area contributed by atoms with Gasteiger partial charge in [0.2, 0.25) is 5.72 Å². The van der Waals surface area contributed by atoms with E-state index in [1.165, 1.54) is 42.5 Å². The van der Waals surface area contributed by atoms with E-state index in [9.17, 15) is 28.8 Å². The molecule has 0 unspecified atom stereocenters. The number of methoxy groups -OCH3 is 4. The van der Waals surface area contributed by atoms with E-state index in [-0.39, 0.29) is 22.3 Å². The first-order chi connectivity index (χ1) is 19.1. The molecule has 2 aromatic rings. The van der Waals surface area contributed by atoms with Crippen LogP contribution in [0.3, 0.4) is 0 Å². The van der Waals surface area contributed by atoms with Crippen molar-refractivity contribution in [2.45, 2.75) is 23.3 Å². The zero-order valence-corrected chi connectivity index (χ0v) is 21.5. The van der Waals surface area contributed by atoms with Crippen molar-refractivity contribution in [1.29, 1.82) is 0 Å². The average molecular weight is 554 g/mol. The minimum absolute atomic E-state index is 0.0245. The zero-order valence-electron chi connectivity index (χ0n) is 21.5. The number of hydrogen-bond acceptors (Lipinski definition) is 12. The number of nitrogens with zero attached hydrogens (tertiary/aromatic N) is 1. The Balaban J connectivity index is 1.95. The fraction of sp³-hybridized carbons (Fsp3) is 0.308. The van der Waals surface area contributed by atoms with E-state index in [0.717, 1.165) is 33.3 Å². The fourth-order valence-corrected chi connectivity index (χ4v) is 5.43. The van der Waals surface area contributed by atoms with Gasteiger partial charge in [0, 0.05) is 22.3 Å². The van der Waals surface area contributed by atoms with Gasteiger partial charge in [0.1, 0.15) is 0 Å². The highest BCUT2D eigenvalue weighted by Crippen LogP contribution is 2.63. The first-order valence-electron chi connectivity index (χ1n) is 11.7. The molecular formula is C26H22N2O12. The molecule has 14 heteroatoms. The van der Waals surface area contributed by atoms with Gasteiger partial charge >= 0.3 is 29.5 Å². The number of benzene rings is 2. The average Bonchev–Trinajstić information content (AvgIpc) is 3.52. The van der Waals surface area contributed by atoms with Gasteiger partial charge in [0.15, 0.2) is 0 Å². The van der Waals surface area contributed by atoms with Crippen molar-refractivity contribution in [1.82, 2.24) is 10.2 Å². The smallest absolute Gasteiger partial charge is 0.355 e. The summed E-state index contributed by atoms with van der Waals surface area (Å²) in [6.07, 6.45) is -2.27. The lowest BCUT2D eigenvalue weighted by Gasteiger charge is -2.41. The van der Waals surface area contributed by atoms with Gasteiger partial charge in [-0.2, -0.15) is 0 Å². The molecule has 2 aromatic carbocycles.